The van der Waals surface area contributed by atoms with Gasteiger partial charge in [0.1, 0.15) is 0 Å². The molecule has 0 saturated carbocycles. The van der Waals surface area contributed by atoms with Crippen molar-refractivity contribution in [1.29, 1.82) is 0 Å². The van der Waals surface area contributed by atoms with Crippen molar-refractivity contribution in [2.24, 2.45) is 11.5 Å². The van der Waals surface area contributed by atoms with E-state index in [2.05, 4.69) is 0 Å². The van der Waals surface area contributed by atoms with Crippen molar-refractivity contribution >= 4 is 17.5 Å². The van der Waals surface area contributed by atoms with Crippen molar-refractivity contribution in [3.8, 4) is 0 Å². The normalized spacial score (nSPS) is 14.6. The molecule has 0 aliphatic heterocycles. The van der Waals surface area contributed by atoms with Crippen molar-refractivity contribution in [2.75, 3.05) is 6.54 Å². The predicted octanol–water partition coefficient (Wildman–Crippen LogP) is 2.31. The maximum atomic E-state index is 11.3. The molecular formula is C15H24ClN3O. The van der Waals surface area contributed by atoms with E-state index in [1.165, 1.54) is 0 Å². The van der Waals surface area contributed by atoms with E-state index in [9.17, 15) is 4.79 Å². The van der Waals surface area contributed by atoms with Gasteiger partial charge in [-0.2, -0.15) is 0 Å². The molecule has 1 amide bonds. The zero-order valence-electron chi connectivity index (χ0n) is 12.3. The maximum absolute atomic E-state index is 11.3. The van der Waals surface area contributed by atoms with Crippen LogP contribution in [0.5, 0.6) is 0 Å². The maximum Gasteiger partial charge on any atom is 0.231 e. The Labute approximate surface area is 126 Å². The summed E-state index contributed by atoms with van der Waals surface area (Å²) in [5.74, 6) is -0.346. The highest BCUT2D eigenvalue weighted by Gasteiger charge is 2.28. The summed E-state index contributed by atoms with van der Waals surface area (Å²) in [4.78, 5) is 13.4. The summed E-state index contributed by atoms with van der Waals surface area (Å²) in [6.07, 6.45) is 0.815. The molecule has 0 heterocycles. The van der Waals surface area contributed by atoms with Crippen molar-refractivity contribution in [1.82, 2.24) is 4.90 Å². The second kappa shape index (κ2) is 7.62. The minimum Gasteiger partial charge on any atom is -0.369 e. The average molecular weight is 298 g/mol. The van der Waals surface area contributed by atoms with Crippen LogP contribution in [0.3, 0.4) is 0 Å². The fraction of sp³-hybridized carbons (Fsp3) is 0.533. The highest BCUT2D eigenvalue weighted by atomic mass is 35.5. The second-order valence-corrected chi connectivity index (χ2v) is 5.74. The molecule has 112 valence electrons. The van der Waals surface area contributed by atoms with Crippen LogP contribution in [-0.2, 0) is 4.79 Å². The number of rotatable bonds is 7. The first-order valence-corrected chi connectivity index (χ1v) is 7.29. The van der Waals surface area contributed by atoms with E-state index in [-0.39, 0.29) is 30.6 Å². The molecule has 20 heavy (non-hydrogen) atoms. The van der Waals surface area contributed by atoms with Gasteiger partial charge in [-0.1, -0.05) is 30.7 Å². The molecule has 0 aliphatic rings. The lowest BCUT2D eigenvalue weighted by atomic mass is 9.95. The Hall–Kier alpha value is -1.10. The summed E-state index contributed by atoms with van der Waals surface area (Å²) in [5, 5.41) is 0.684. The van der Waals surface area contributed by atoms with Gasteiger partial charge >= 0.3 is 0 Å². The van der Waals surface area contributed by atoms with Gasteiger partial charge in [-0.15, -0.1) is 0 Å². The first kappa shape index (κ1) is 17.0. The fourth-order valence-electron chi connectivity index (χ4n) is 2.35. The zero-order chi connectivity index (χ0) is 15.3. The summed E-state index contributed by atoms with van der Waals surface area (Å²) >= 11 is 5.94. The van der Waals surface area contributed by atoms with E-state index in [1.54, 1.807) is 0 Å². The van der Waals surface area contributed by atoms with Gasteiger partial charge in [0.05, 0.1) is 12.6 Å². The number of carbonyl (C=O) groups is 1. The van der Waals surface area contributed by atoms with E-state index in [1.807, 2.05) is 49.9 Å². The third-order valence-corrected chi connectivity index (χ3v) is 3.70. The van der Waals surface area contributed by atoms with Crippen LogP contribution in [0.4, 0.5) is 0 Å². The molecule has 0 spiro atoms. The van der Waals surface area contributed by atoms with Gasteiger partial charge in [-0.3, -0.25) is 9.69 Å². The van der Waals surface area contributed by atoms with Gasteiger partial charge in [0.25, 0.3) is 0 Å². The summed E-state index contributed by atoms with van der Waals surface area (Å²) in [6, 6.07) is 7.64. The van der Waals surface area contributed by atoms with Gasteiger partial charge in [-0.05, 0) is 38.0 Å². The minimum atomic E-state index is -0.346. The third-order valence-electron chi connectivity index (χ3n) is 3.45. The van der Waals surface area contributed by atoms with E-state index in [0.717, 1.165) is 12.0 Å². The number of amides is 1. The molecule has 5 heteroatoms. The van der Waals surface area contributed by atoms with E-state index >= 15 is 0 Å². The second-order valence-electron chi connectivity index (χ2n) is 5.30. The Bertz CT molecular complexity index is 433. The number of hydrogen-bond donors (Lipinski definition) is 2. The van der Waals surface area contributed by atoms with Crippen LogP contribution < -0.4 is 11.5 Å². The lowest BCUT2D eigenvalue weighted by molar-refractivity contribution is -0.120. The molecule has 2 atom stereocenters. The number of carbonyl (C=O) groups excluding carboxylic acids is 1. The summed E-state index contributed by atoms with van der Waals surface area (Å²) in [5.41, 5.74) is 12.7. The Kier molecular flexibility index (Phi) is 6.46. The molecular weight excluding hydrogens is 274 g/mol. The molecule has 0 saturated heterocycles. The number of nitrogens with zero attached hydrogens (tertiary/aromatic N) is 1. The molecule has 1 aromatic rings. The molecule has 1 rings (SSSR count). The number of primary amides is 1. The Morgan fingerprint density at radius 1 is 1.30 bits per heavy atom. The lowest BCUT2D eigenvalue weighted by Gasteiger charge is -2.37. The first-order valence-electron chi connectivity index (χ1n) is 6.91. The van der Waals surface area contributed by atoms with Crippen LogP contribution in [-0.4, -0.2) is 29.4 Å². The van der Waals surface area contributed by atoms with Crippen LogP contribution in [0.15, 0.2) is 24.3 Å². The standard InChI is InChI=1S/C15H24ClN3O/c1-4-13(17)15(11-5-7-12(16)8-6-11)19(10(2)3)9-14(18)20/h5-8,10,13,15H,4,9,17H2,1-3H3,(H2,18,20). The quantitative estimate of drug-likeness (QED) is 0.811. The number of halogens is 1. The Balaban J connectivity index is 3.14. The summed E-state index contributed by atoms with van der Waals surface area (Å²) < 4.78 is 0. The van der Waals surface area contributed by atoms with Gasteiger partial charge in [0.2, 0.25) is 5.91 Å². The van der Waals surface area contributed by atoms with Gasteiger partial charge < -0.3 is 11.5 Å². The zero-order valence-corrected chi connectivity index (χ0v) is 13.1. The van der Waals surface area contributed by atoms with Gasteiger partial charge in [0, 0.05) is 17.1 Å². The summed E-state index contributed by atoms with van der Waals surface area (Å²) in [7, 11) is 0. The fourth-order valence-corrected chi connectivity index (χ4v) is 2.48. The monoisotopic (exact) mass is 297 g/mol. The minimum absolute atomic E-state index is 0.0511. The van der Waals surface area contributed by atoms with Crippen molar-refractivity contribution in [2.45, 2.75) is 45.3 Å². The smallest absolute Gasteiger partial charge is 0.231 e. The van der Waals surface area contributed by atoms with Crippen molar-refractivity contribution in [3.63, 3.8) is 0 Å². The lowest BCUT2D eigenvalue weighted by Crippen LogP contribution is -2.47. The molecule has 2 unspecified atom stereocenters. The highest BCUT2D eigenvalue weighted by Crippen LogP contribution is 2.27. The van der Waals surface area contributed by atoms with Crippen LogP contribution in [0.25, 0.3) is 0 Å². The molecule has 0 bridgehead atoms. The van der Waals surface area contributed by atoms with Gasteiger partial charge in [-0.25, -0.2) is 0 Å². The predicted molar refractivity (Wildman–Crippen MR) is 83.5 cm³/mol. The van der Waals surface area contributed by atoms with Gasteiger partial charge in [0.15, 0.2) is 0 Å². The van der Waals surface area contributed by atoms with Crippen LogP contribution >= 0.6 is 11.6 Å². The molecule has 4 N–H and O–H groups in total. The molecule has 1 aromatic carbocycles. The van der Waals surface area contributed by atoms with E-state index in [0.29, 0.717) is 5.02 Å². The molecule has 4 nitrogen and oxygen atoms in total. The SMILES string of the molecule is CCC(N)C(c1ccc(Cl)cc1)N(CC(N)=O)C(C)C. The van der Waals surface area contributed by atoms with Crippen molar-refractivity contribution < 1.29 is 4.79 Å². The average Bonchev–Trinajstić information content (AvgIpc) is 2.39. The number of benzene rings is 1. The number of hydrogen-bond acceptors (Lipinski definition) is 3. The first-order chi connectivity index (χ1) is 9.36. The molecule has 0 fully saturated rings. The van der Waals surface area contributed by atoms with Crippen molar-refractivity contribution in [3.05, 3.63) is 34.9 Å². The highest BCUT2D eigenvalue weighted by molar-refractivity contribution is 6.30. The Morgan fingerprint density at radius 3 is 2.25 bits per heavy atom. The summed E-state index contributed by atoms with van der Waals surface area (Å²) in [6.45, 7) is 6.30. The Morgan fingerprint density at radius 2 is 1.85 bits per heavy atom. The van der Waals surface area contributed by atoms with Crippen LogP contribution in [0.2, 0.25) is 5.02 Å². The molecule has 0 aliphatic carbocycles. The topological polar surface area (TPSA) is 72.3 Å². The van der Waals surface area contributed by atoms with E-state index < -0.39 is 0 Å². The molecule has 0 radical (unpaired) electrons. The van der Waals surface area contributed by atoms with Crippen LogP contribution in [0, 0.1) is 0 Å². The molecule has 0 aromatic heterocycles. The third kappa shape index (κ3) is 4.47. The largest absolute Gasteiger partial charge is 0.369 e. The van der Waals surface area contributed by atoms with E-state index in [4.69, 9.17) is 23.1 Å². The van der Waals surface area contributed by atoms with Crippen LogP contribution in [0.1, 0.15) is 38.8 Å². The number of nitrogens with two attached hydrogens (primary N) is 2.